The van der Waals surface area contributed by atoms with Gasteiger partial charge in [-0.2, -0.15) is 0 Å². The topological polar surface area (TPSA) is 86.8 Å². The first kappa shape index (κ1) is 21.8. The Bertz CT molecular complexity index is 1270. The van der Waals surface area contributed by atoms with E-state index in [0.29, 0.717) is 18.7 Å². The largest absolute Gasteiger partial charge is 0.350 e. The van der Waals surface area contributed by atoms with Gasteiger partial charge < -0.3 is 10.2 Å². The molecule has 0 atom stereocenters. The molecular formula is C24H25N3O4S. The first-order valence-corrected chi connectivity index (χ1v) is 12.3. The predicted octanol–water partition coefficient (Wildman–Crippen LogP) is 3.05. The maximum absolute atomic E-state index is 12.7. The summed E-state index contributed by atoms with van der Waals surface area (Å²) in [5.74, 6) is -0.309. The Balaban J connectivity index is 1.49. The van der Waals surface area contributed by atoms with E-state index in [2.05, 4.69) is 5.32 Å². The molecule has 0 bridgehead atoms. The van der Waals surface area contributed by atoms with Crippen molar-refractivity contribution in [1.29, 1.82) is 0 Å². The van der Waals surface area contributed by atoms with Gasteiger partial charge in [0.05, 0.1) is 11.9 Å². The van der Waals surface area contributed by atoms with Crippen LogP contribution in [0.3, 0.4) is 0 Å². The SMILES string of the molecule is CS(=O)(=O)N(CC(=O)NCc1cccc(N2CCCC2=O)c1)c1cccc2ccccc12. The summed E-state index contributed by atoms with van der Waals surface area (Å²) in [6, 6.07) is 20.3. The van der Waals surface area contributed by atoms with Crippen LogP contribution in [0.5, 0.6) is 0 Å². The third-order valence-electron chi connectivity index (χ3n) is 5.51. The molecule has 32 heavy (non-hydrogen) atoms. The first-order valence-electron chi connectivity index (χ1n) is 10.4. The Morgan fingerprint density at radius 3 is 2.56 bits per heavy atom. The number of carbonyl (C=O) groups is 2. The quantitative estimate of drug-likeness (QED) is 0.598. The van der Waals surface area contributed by atoms with Gasteiger partial charge >= 0.3 is 0 Å². The maximum Gasteiger partial charge on any atom is 0.241 e. The second-order valence-corrected chi connectivity index (χ2v) is 9.77. The third kappa shape index (κ3) is 4.75. The zero-order valence-electron chi connectivity index (χ0n) is 17.8. The fourth-order valence-corrected chi connectivity index (χ4v) is 4.82. The number of fused-ring (bicyclic) bond motifs is 1. The van der Waals surface area contributed by atoms with Crippen molar-refractivity contribution in [3.05, 3.63) is 72.3 Å². The molecule has 1 fully saturated rings. The van der Waals surface area contributed by atoms with E-state index in [4.69, 9.17) is 0 Å². The van der Waals surface area contributed by atoms with Gasteiger partial charge in [0.1, 0.15) is 6.54 Å². The molecule has 3 aromatic carbocycles. The van der Waals surface area contributed by atoms with E-state index in [1.54, 1.807) is 17.0 Å². The minimum Gasteiger partial charge on any atom is -0.350 e. The van der Waals surface area contributed by atoms with Crippen LogP contribution < -0.4 is 14.5 Å². The molecule has 1 aliphatic rings. The van der Waals surface area contributed by atoms with Crippen molar-refractivity contribution >= 4 is 44.0 Å². The molecule has 0 unspecified atom stereocenters. The van der Waals surface area contributed by atoms with E-state index in [0.717, 1.165) is 39.0 Å². The highest BCUT2D eigenvalue weighted by molar-refractivity contribution is 7.92. The van der Waals surface area contributed by atoms with Crippen molar-refractivity contribution in [2.45, 2.75) is 19.4 Å². The monoisotopic (exact) mass is 451 g/mol. The smallest absolute Gasteiger partial charge is 0.241 e. The van der Waals surface area contributed by atoms with E-state index in [-0.39, 0.29) is 19.0 Å². The Hall–Kier alpha value is -3.39. The number of nitrogens with one attached hydrogen (secondary N) is 1. The molecule has 0 saturated carbocycles. The lowest BCUT2D eigenvalue weighted by Gasteiger charge is -2.23. The molecule has 1 aliphatic heterocycles. The molecule has 0 spiro atoms. The number of rotatable bonds is 7. The first-order chi connectivity index (χ1) is 15.3. The molecule has 0 aliphatic carbocycles. The molecule has 0 aromatic heterocycles. The summed E-state index contributed by atoms with van der Waals surface area (Å²) >= 11 is 0. The van der Waals surface area contributed by atoms with Crippen molar-refractivity contribution in [2.75, 3.05) is 28.6 Å². The Morgan fingerprint density at radius 1 is 1.06 bits per heavy atom. The van der Waals surface area contributed by atoms with E-state index in [1.165, 1.54) is 0 Å². The van der Waals surface area contributed by atoms with Gasteiger partial charge in [-0.05, 0) is 35.6 Å². The van der Waals surface area contributed by atoms with Crippen LogP contribution in [0, 0.1) is 0 Å². The van der Waals surface area contributed by atoms with Crippen LogP contribution >= 0.6 is 0 Å². The second-order valence-electron chi connectivity index (χ2n) is 7.86. The molecule has 2 amide bonds. The van der Waals surface area contributed by atoms with Crippen LogP contribution in [0.1, 0.15) is 18.4 Å². The highest BCUT2D eigenvalue weighted by atomic mass is 32.2. The van der Waals surface area contributed by atoms with Crippen LogP contribution in [0.15, 0.2) is 66.7 Å². The summed E-state index contributed by atoms with van der Waals surface area (Å²) in [6.45, 7) is 0.613. The maximum atomic E-state index is 12.7. The zero-order valence-corrected chi connectivity index (χ0v) is 18.6. The number of anilines is 2. The van der Waals surface area contributed by atoms with Crippen LogP contribution in [0.25, 0.3) is 10.8 Å². The van der Waals surface area contributed by atoms with Crippen LogP contribution in [0.4, 0.5) is 11.4 Å². The van der Waals surface area contributed by atoms with Crippen LogP contribution in [-0.2, 0) is 26.2 Å². The average Bonchev–Trinajstić information content (AvgIpc) is 3.21. The molecule has 1 N–H and O–H groups in total. The summed E-state index contributed by atoms with van der Waals surface area (Å²) in [5, 5.41) is 4.46. The number of hydrogen-bond acceptors (Lipinski definition) is 4. The Labute approximate surface area is 187 Å². The fraction of sp³-hybridized carbons (Fsp3) is 0.250. The number of benzene rings is 3. The number of carbonyl (C=O) groups excluding carboxylic acids is 2. The molecule has 4 rings (SSSR count). The highest BCUT2D eigenvalue weighted by Gasteiger charge is 2.23. The number of nitrogens with zero attached hydrogens (tertiary/aromatic N) is 2. The minimum atomic E-state index is -3.68. The zero-order chi connectivity index (χ0) is 22.7. The third-order valence-corrected chi connectivity index (χ3v) is 6.63. The van der Waals surface area contributed by atoms with E-state index in [1.807, 2.05) is 54.6 Å². The van der Waals surface area contributed by atoms with Gasteiger partial charge in [0.15, 0.2) is 0 Å². The lowest BCUT2D eigenvalue weighted by molar-refractivity contribution is -0.120. The van der Waals surface area contributed by atoms with Crippen molar-refractivity contribution < 1.29 is 18.0 Å². The predicted molar refractivity (Wildman–Crippen MR) is 126 cm³/mol. The lowest BCUT2D eigenvalue weighted by atomic mass is 10.1. The van der Waals surface area contributed by atoms with Crippen molar-refractivity contribution in [1.82, 2.24) is 5.32 Å². The van der Waals surface area contributed by atoms with E-state index < -0.39 is 15.9 Å². The summed E-state index contributed by atoms with van der Waals surface area (Å²) < 4.78 is 26.2. The van der Waals surface area contributed by atoms with E-state index in [9.17, 15) is 18.0 Å². The highest BCUT2D eigenvalue weighted by Crippen LogP contribution is 2.28. The molecule has 166 valence electrons. The minimum absolute atomic E-state index is 0.102. The summed E-state index contributed by atoms with van der Waals surface area (Å²) in [6.07, 6.45) is 2.49. The van der Waals surface area contributed by atoms with E-state index >= 15 is 0 Å². The summed E-state index contributed by atoms with van der Waals surface area (Å²) in [7, 11) is -3.68. The standard InChI is InChI=1S/C24H25N3O4S/c1-32(30,31)27(22-12-5-9-19-8-2-3-11-21(19)22)17-23(28)25-16-18-7-4-10-20(15-18)26-14-6-13-24(26)29/h2-5,7-12,15H,6,13-14,16-17H2,1H3,(H,25,28). The Kier molecular flexibility index (Phi) is 6.14. The van der Waals surface area contributed by atoms with Crippen LogP contribution in [0.2, 0.25) is 0 Å². The summed E-state index contributed by atoms with van der Waals surface area (Å²) in [4.78, 5) is 26.4. The van der Waals surface area contributed by atoms with Crippen molar-refractivity contribution in [2.24, 2.45) is 0 Å². The molecule has 8 heteroatoms. The molecule has 0 radical (unpaired) electrons. The number of sulfonamides is 1. The van der Waals surface area contributed by atoms with Gasteiger partial charge in [-0.25, -0.2) is 8.42 Å². The Morgan fingerprint density at radius 2 is 1.81 bits per heavy atom. The van der Waals surface area contributed by atoms with Gasteiger partial charge in [-0.15, -0.1) is 0 Å². The normalized spacial score (nSPS) is 14.0. The number of amides is 2. The van der Waals surface area contributed by atoms with Gasteiger partial charge in [-0.3, -0.25) is 13.9 Å². The van der Waals surface area contributed by atoms with Gasteiger partial charge in [0.25, 0.3) is 0 Å². The molecule has 3 aromatic rings. The summed E-state index contributed by atoms with van der Waals surface area (Å²) in [5.41, 5.74) is 2.12. The number of hydrogen-bond donors (Lipinski definition) is 1. The van der Waals surface area contributed by atoms with Gasteiger partial charge in [0, 0.05) is 30.6 Å². The van der Waals surface area contributed by atoms with Gasteiger partial charge in [-0.1, -0.05) is 48.5 Å². The van der Waals surface area contributed by atoms with Crippen molar-refractivity contribution in [3.63, 3.8) is 0 Å². The van der Waals surface area contributed by atoms with Crippen molar-refractivity contribution in [3.8, 4) is 0 Å². The lowest BCUT2D eigenvalue weighted by Crippen LogP contribution is -2.40. The molecule has 1 saturated heterocycles. The van der Waals surface area contributed by atoms with Crippen LogP contribution in [-0.4, -0.2) is 39.6 Å². The molecule has 7 nitrogen and oxygen atoms in total. The molecule has 1 heterocycles. The average molecular weight is 452 g/mol. The molecular weight excluding hydrogens is 426 g/mol. The second kappa shape index (κ2) is 9.00. The fourth-order valence-electron chi connectivity index (χ4n) is 3.95. The van der Waals surface area contributed by atoms with Gasteiger partial charge in [0.2, 0.25) is 21.8 Å².